The molecule has 0 radical (unpaired) electrons. The molecule has 16 heavy (non-hydrogen) atoms. The second-order valence-electron chi connectivity index (χ2n) is 4.57. The molecular formula is C14H22N2. The molecule has 0 spiro atoms. The topological polar surface area (TPSA) is 29.3 Å². The van der Waals surface area contributed by atoms with E-state index in [4.69, 9.17) is 5.84 Å². The van der Waals surface area contributed by atoms with E-state index in [-0.39, 0.29) is 5.54 Å². The Hall–Kier alpha value is -1.28. The first-order valence-corrected chi connectivity index (χ1v) is 5.74. The highest BCUT2D eigenvalue weighted by molar-refractivity contribution is 5.32. The van der Waals surface area contributed by atoms with Crippen molar-refractivity contribution in [2.75, 3.05) is 0 Å². The average Bonchev–Trinajstić information content (AvgIpc) is 2.65. The molecule has 1 aliphatic carbocycles. The van der Waals surface area contributed by atoms with Crippen LogP contribution in [0.2, 0.25) is 0 Å². The predicted molar refractivity (Wildman–Crippen MR) is 70.5 cm³/mol. The maximum absolute atomic E-state index is 6.13. The van der Waals surface area contributed by atoms with E-state index < -0.39 is 0 Å². The molecule has 0 saturated carbocycles. The van der Waals surface area contributed by atoms with Crippen LogP contribution in [0, 0.1) is 0 Å². The average molecular weight is 218 g/mol. The fraction of sp³-hybridized carbons (Fsp3) is 0.429. The zero-order valence-corrected chi connectivity index (χ0v) is 10.7. The molecule has 88 valence electrons. The summed E-state index contributed by atoms with van der Waals surface area (Å²) < 4.78 is 0. The Morgan fingerprint density at radius 3 is 2.25 bits per heavy atom. The Bertz CT molecular complexity index is 343. The fourth-order valence-electron chi connectivity index (χ4n) is 1.92. The van der Waals surface area contributed by atoms with Crippen molar-refractivity contribution in [3.8, 4) is 0 Å². The Morgan fingerprint density at radius 2 is 1.81 bits per heavy atom. The summed E-state index contributed by atoms with van der Waals surface area (Å²) in [4.78, 5) is 0. The van der Waals surface area contributed by atoms with Crippen LogP contribution in [-0.4, -0.2) is 10.5 Å². The van der Waals surface area contributed by atoms with E-state index in [1.807, 2.05) is 18.4 Å². The molecule has 0 aromatic rings. The first kappa shape index (κ1) is 12.8. The van der Waals surface area contributed by atoms with Crippen molar-refractivity contribution in [3.63, 3.8) is 0 Å². The van der Waals surface area contributed by atoms with Crippen molar-refractivity contribution in [2.24, 2.45) is 5.84 Å². The monoisotopic (exact) mass is 218 g/mol. The van der Waals surface area contributed by atoms with Crippen molar-refractivity contribution in [1.29, 1.82) is 0 Å². The number of hydrogen-bond acceptors (Lipinski definition) is 2. The van der Waals surface area contributed by atoms with Crippen LogP contribution in [0.15, 0.2) is 47.7 Å². The standard InChI is InChI=1S/C14H22N2/c1-5-14(8-6-7-9-14)16(15)11-13(4)10-12(2)3/h6-11H,5,15H2,1-4H3. The third-order valence-electron chi connectivity index (χ3n) is 2.79. The Kier molecular flexibility index (Phi) is 4.13. The molecular weight excluding hydrogens is 196 g/mol. The zero-order valence-electron chi connectivity index (χ0n) is 10.7. The summed E-state index contributed by atoms with van der Waals surface area (Å²) in [6.45, 7) is 8.38. The van der Waals surface area contributed by atoms with Crippen molar-refractivity contribution in [2.45, 2.75) is 39.7 Å². The van der Waals surface area contributed by atoms with Crippen LogP contribution >= 0.6 is 0 Å². The maximum atomic E-state index is 6.13. The van der Waals surface area contributed by atoms with E-state index in [1.54, 1.807) is 5.01 Å². The van der Waals surface area contributed by atoms with Gasteiger partial charge in [0.15, 0.2) is 0 Å². The van der Waals surface area contributed by atoms with Gasteiger partial charge < -0.3 is 5.01 Å². The van der Waals surface area contributed by atoms with E-state index in [9.17, 15) is 0 Å². The van der Waals surface area contributed by atoms with Crippen LogP contribution in [0.5, 0.6) is 0 Å². The van der Waals surface area contributed by atoms with Crippen LogP contribution in [-0.2, 0) is 0 Å². The highest BCUT2D eigenvalue weighted by Gasteiger charge is 2.27. The Labute approximate surface area is 98.8 Å². The summed E-state index contributed by atoms with van der Waals surface area (Å²) in [6, 6.07) is 0. The predicted octanol–water partition coefficient (Wildman–Crippen LogP) is 3.31. The van der Waals surface area contributed by atoms with Gasteiger partial charge in [-0.15, -0.1) is 0 Å². The van der Waals surface area contributed by atoms with Gasteiger partial charge in [0.2, 0.25) is 0 Å². The molecule has 2 N–H and O–H groups in total. The van der Waals surface area contributed by atoms with Gasteiger partial charge in [-0.05, 0) is 32.8 Å². The number of nitrogens with two attached hydrogens (primary N) is 1. The van der Waals surface area contributed by atoms with Gasteiger partial charge in [0.1, 0.15) is 0 Å². The lowest BCUT2D eigenvalue weighted by Gasteiger charge is -2.33. The van der Waals surface area contributed by atoms with E-state index in [2.05, 4.69) is 45.9 Å². The number of hydrazine groups is 1. The molecule has 0 heterocycles. The van der Waals surface area contributed by atoms with Gasteiger partial charge in [0.05, 0.1) is 5.54 Å². The largest absolute Gasteiger partial charge is 0.304 e. The minimum atomic E-state index is -0.142. The van der Waals surface area contributed by atoms with Gasteiger partial charge in [-0.25, -0.2) is 5.84 Å². The maximum Gasteiger partial charge on any atom is 0.0917 e. The Morgan fingerprint density at radius 1 is 1.25 bits per heavy atom. The molecule has 0 fully saturated rings. The van der Waals surface area contributed by atoms with E-state index >= 15 is 0 Å². The summed E-state index contributed by atoms with van der Waals surface area (Å²) in [6.07, 6.45) is 13.5. The first-order chi connectivity index (χ1) is 7.50. The molecule has 0 aliphatic heterocycles. The Balaban J connectivity index is 2.86. The van der Waals surface area contributed by atoms with Crippen LogP contribution in [0.1, 0.15) is 34.1 Å². The second kappa shape index (κ2) is 5.17. The summed E-state index contributed by atoms with van der Waals surface area (Å²) in [5, 5.41) is 1.79. The lowest BCUT2D eigenvalue weighted by Crippen LogP contribution is -2.45. The van der Waals surface area contributed by atoms with Crippen molar-refractivity contribution in [3.05, 3.63) is 47.7 Å². The lowest BCUT2D eigenvalue weighted by atomic mass is 9.98. The number of allylic oxidation sites excluding steroid dienone is 5. The molecule has 2 nitrogen and oxygen atoms in total. The van der Waals surface area contributed by atoms with E-state index in [0.29, 0.717) is 0 Å². The molecule has 0 amide bonds. The van der Waals surface area contributed by atoms with Gasteiger partial charge in [0.25, 0.3) is 0 Å². The minimum absolute atomic E-state index is 0.142. The molecule has 0 bridgehead atoms. The molecule has 2 heteroatoms. The third-order valence-corrected chi connectivity index (χ3v) is 2.79. The zero-order chi connectivity index (χ0) is 12.2. The number of nitrogens with zero attached hydrogens (tertiary/aromatic N) is 1. The smallest absolute Gasteiger partial charge is 0.0917 e. The molecule has 1 rings (SSSR count). The van der Waals surface area contributed by atoms with Gasteiger partial charge in [-0.2, -0.15) is 0 Å². The lowest BCUT2D eigenvalue weighted by molar-refractivity contribution is 0.248. The highest BCUT2D eigenvalue weighted by Crippen LogP contribution is 2.25. The summed E-state index contributed by atoms with van der Waals surface area (Å²) in [5.41, 5.74) is 2.31. The van der Waals surface area contributed by atoms with E-state index in [0.717, 1.165) is 6.42 Å². The molecule has 0 unspecified atom stereocenters. The van der Waals surface area contributed by atoms with Crippen LogP contribution < -0.4 is 5.84 Å². The summed E-state index contributed by atoms with van der Waals surface area (Å²) in [5.74, 6) is 6.13. The number of hydrogen-bond donors (Lipinski definition) is 1. The molecule has 0 aromatic carbocycles. The molecule has 1 aliphatic rings. The normalized spacial score (nSPS) is 17.7. The van der Waals surface area contributed by atoms with Crippen molar-refractivity contribution < 1.29 is 0 Å². The highest BCUT2D eigenvalue weighted by atomic mass is 15.4. The minimum Gasteiger partial charge on any atom is -0.304 e. The quantitative estimate of drug-likeness (QED) is 0.445. The van der Waals surface area contributed by atoms with Gasteiger partial charge in [0, 0.05) is 6.20 Å². The van der Waals surface area contributed by atoms with Gasteiger partial charge in [-0.3, -0.25) is 0 Å². The summed E-state index contributed by atoms with van der Waals surface area (Å²) in [7, 11) is 0. The van der Waals surface area contributed by atoms with Crippen LogP contribution in [0.4, 0.5) is 0 Å². The molecule has 0 atom stereocenters. The summed E-state index contributed by atoms with van der Waals surface area (Å²) >= 11 is 0. The second-order valence-corrected chi connectivity index (χ2v) is 4.57. The van der Waals surface area contributed by atoms with E-state index in [1.165, 1.54) is 11.1 Å². The van der Waals surface area contributed by atoms with Gasteiger partial charge >= 0.3 is 0 Å². The fourth-order valence-corrected chi connectivity index (χ4v) is 1.92. The van der Waals surface area contributed by atoms with Crippen molar-refractivity contribution >= 4 is 0 Å². The SMILES string of the molecule is CCC1(N(N)C=C(C)C=C(C)C)C=CC=C1. The van der Waals surface area contributed by atoms with Crippen LogP contribution in [0.25, 0.3) is 0 Å². The molecule has 0 saturated heterocycles. The van der Waals surface area contributed by atoms with Gasteiger partial charge in [-0.1, -0.05) is 42.9 Å². The first-order valence-electron chi connectivity index (χ1n) is 5.74. The number of rotatable bonds is 4. The van der Waals surface area contributed by atoms with Crippen LogP contribution in [0.3, 0.4) is 0 Å². The third kappa shape index (κ3) is 2.86. The van der Waals surface area contributed by atoms with Crippen molar-refractivity contribution in [1.82, 2.24) is 5.01 Å². The molecule has 0 aromatic heterocycles.